The van der Waals surface area contributed by atoms with E-state index in [-0.39, 0.29) is 0 Å². The van der Waals surface area contributed by atoms with Gasteiger partial charge in [-0.05, 0) is 6.42 Å². The van der Waals surface area contributed by atoms with E-state index >= 15 is 0 Å². The van der Waals surface area contributed by atoms with Gasteiger partial charge in [-0.15, -0.1) is 0 Å². The van der Waals surface area contributed by atoms with Crippen LogP contribution in [-0.2, 0) is 4.79 Å². The molecule has 1 aliphatic rings. The lowest BCUT2D eigenvalue weighted by Crippen LogP contribution is -2.51. The molecule has 11 heavy (non-hydrogen) atoms. The van der Waals surface area contributed by atoms with Crippen molar-refractivity contribution in [2.24, 2.45) is 0 Å². The number of quaternary nitrogens is 1. The minimum absolute atomic E-state index is 0.455. The van der Waals surface area contributed by atoms with Crippen LogP contribution in [0.15, 0.2) is 0 Å². The first-order chi connectivity index (χ1) is 5.16. The van der Waals surface area contributed by atoms with Gasteiger partial charge in [0.2, 0.25) is 0 Å². The zero-order valence-electron chi connectivity index (χ0n) is 7.60. The zero-order chi connectivity index (χ0) is 8.32. The molecular weight excluding hydrogens is 137 g/mol. The summed E-state index contributed by atoms with van der Waals surface area (Å²) in [6.45, 7) is 5.56. The highest BCUT2D eigenvalue weighted by molar-refractivity contribution is 5.98. The molecule has 1 aliphatic heterocycles. The van der Waals surface area contributed by atoms with Gasteiger partial charge >= 0.3 is 7.98 Å². The third-order valence-electron chi connectivity index (χ3n) is 2.62. The molecule has 1 fully saturated rings. The molecule has 1 heterocycles. The molecule has 0 aliphatic carbocycles. The van der Waals surface area contributed by atoms with Crippen molar-refractivity contribution >= 4 is 13.8 Å². The van der Waals surface area contributed by atoms with Crippen LogP contribution in [0.1, 0.15) is 26.2 Å². The average Bonchev–Trinajstić information content (AvgIpc) is 1.97. The van der Waals surface area contributed by atoms with Crippen LogP contribution in [0.5, 0.6) is 0 Å². The molecule has 0 radical (unpaired) electrons. The Labute approximate surface area is 69.6 Å². The van der Waals surface area contributed by atoms with Crippen molar-refractivity contribution in [1.29, 1.82) is 0 Å². The van der Waals surface area contributed by atoms with E-state index in [1.165, 1.54) is 13.0 Å². The van der Waals surface area contributed by atoms with E-state index in [1.54, 1.807) is 0 Å². The Kier molecular flexibility index (Phi) is 2.71. The summed E-state index contributed by atoms with van der Waals surface area (Å²) in [5.74, 6) is 0.455. The van der Waals surface area contributed by atoms with Crippen molar-refractivity contribution < 1.29 is 9.19 Å². The van der Waals surface area contributed by atoms with Crippen molar-refractivity contribution in [3.8, 4) is 0 Å². The molecule has 3 heteroatoms. The van der Waals surface area contributed by atoms with E-state index in [4.69, 9.17) is 0 Å². The van der Waals surface area contributed by atoms with E-state index in [1.807, 2.05) is 0 Å². The Morgan fingerprint density at radius 2 is 2.00 bits per heavy atom. The van der Waals surface area contributed by atoms with Crippen molar-refractivity contribution in [2.75, 3.05) is 19.6 Å². The number of hydrogen-bond acceptors (Lipinski definition) is 1. The Hall–Kier alpha value is -0.305. The van der Waals surface area contributed by atoms with Crippen LogP contribution in [0, 0.1) is 0 Å². The third-order valence-corrected chi connectivity index (χ3v) is 2.62. The average molecular weight is 154 g/mol. The maximum atomic E-state index is 10.9. The molecule has 0 aromatic rings. The molecule has 0 aromatic heterocycles. The first-order valence-corrected chi connectivity index (χ1v) is 4.51. The van der Waals surface area contributed by atoms with Gasteiger partial charge < -0.3 is 4.39 Å². The molecule has 0 N–H and O–H groups in total. The van der Waals surface area contributed by atoms with E-state index in [9.17, 15) is 4.79 Å². The van der Waals surface area contributed by atoms with Crippen LogP contribution < -0.4 is 0 Å². The number of ketones is 1. The number of likely N-dealkylation sites (tertiary alicyclic amines) is 1. The molecule has 0 unspecified atom stereocenters. The quantitative estimate of drug-likeness (QED) is 0.516. The highest BCUT2D eigenvalue weighted by Gasteiger charge is 2.26. The van der Waals surface area contributed by atoms with E-state index in [2.05, 4.69) is 14.9 Å². The van der Waals surface area contributed by atoms with Gasteiger partial charge in [0.15, 0.2) is 0 Å². The summed E-state index contributed by atoms with van der Waals surface area (Å²) in [4.78, 5) is 10.9. The smallest absolute Gasteiger partial charge is 0.372 e. The lowest BCUT2D eigenvalue weighted by atomic mass is 10.0. The lowest BCUT2D eigenvalue weighted by molar-refractivity contribution is -0.818. The maximum absolute atomic E-state index is 10.9. The Morgan fingerprint density at radius 1 is 1.45 bits per heavy atom. The maximum Gasteiger partial charge on any atom is 0.372 e. The van der Waals surface area contributed by atoms with Crippen LogP contribution in [0.25, 0.3) is 0 Å². The summed E-state index contributed by atoms with van der Waals surface area (Å²) in [5, 5.41) is 0. The minimum Gasteiger partial charge on any atom is -0.399 e. The molecule has 0 amide bonds. The van der Waals surface area contributed by atoms with Gasteiger partial charge in [0.25, 0.3) is 0 Å². The van der Waals surface area contributed by atoms with Crippen molar-refractivity contribution in [3.05, 3.63) is 0 Å². The van der Waals surface area contributed by atoms with Crippen LogP contribution >= 0.6 is 0 Å². The van der Waals surface area contributed by atoms with Gasteiger partial charge in [0.1, 0.15) is 5.78 Å². The fraction of sp³-hybridized carbons (Fsp3) is 0.875. The lowest BCUT2D eigenvalue weighted by Gasteiger charge is -2.38. The summed E-state index contributed by atoms with van der Waals surface area (Å²) >= 11 is 0. The monoisotopic (exact) mass is 154 g/mol. The standard InChI is InChI=1S/C8H17BNO/c1-2-5-10(9)6-3-8(11)4-7-10/h2-7,9H2,1H3/q+1. The van der Waals surface area contributed by atoms with Crippen LogP contribution in [-0.4, -0.2) is 37.8 Å². The molecular formula is C8H17BNO+. The summed E-state index contributed by atoms with van der Waals surface area (Å²) in [6.07, 6.45) is 2.83. The molecule has 62 valence electrons. The van der Waals surface area contributed by atoms with Gasteiger partial charge in [-0.1, -0.05) is 6.92 Å². The van der Waals surface area contributed by atoms with Gasteiger partial charge in [-0.25, -0.2) is 0 Å². The second kappa shape index (κ2) is 3.39. The molecule has 0 saturated carbocycles. The number of piperidine rings is 1. The highest BCUT2D eigenvalue weighted by Crippen LogP contribution is 2.13. The minimum atomic E-state index is 0.455. The van der Waals surface area contributed by atoms with Crippen molar-refractivity contribution in [2.45, 2.75) is 26.2 Å². The third kappa shape index (κ3) is 2.33. The van der Waals surface area contributed by atoms with Crippen molar-refractivity contribution in [1.82, 2.24) is 0 Å². The molecule has 0 spiro atoms. The Balaban J connectivity index is 2.41. The Morgan fingerprint density at radius 3 is 2.45 bits per heavy atom. The summed E-state index contributed by atoms with van der Waals surface area (Å²) in [5.41, 5.74) is 0. The van der Waals surface area contributed by atoms with Crippen molar-refractivity contribution in [3.63, 3.8) is 0 Å². The molecule has 1 rings (SSSR count). The van der Waals surface area contributed by atoms with E-state index in [0.717, 1.165) is 30.3 Å². The van der Waals surface area contributed by atoms with E-state index < -0.39 is 0 Å². The second-order valence-electron chi connectivity index (χ2n) is 3.83. The largest absolute Gasteiger partial charge is 0.399 e. The normalized spacial score (nSPS) is 23.5. The Bertz CT molecular complexity index is 148. The van der Waals surface area contributed by atoms with Gasteiger partial charge in [0.05, 0.1) is 32.5 Å². The number of hydrogen-bond donors (Lipinski definition) is 0. The zero-order valence-corrected chi connectivity index (χ0v) is 7.60. The first-order valence-electron chi connectivity index (χ1n) is 4.51. The molecule has 0 bridgehead atoms. The number of rotatable bonds is 2. The molecule has 2 nitrogen and oxygen atoms in total. The summed E-state index contributed by atoms with van der Waals surface area (Å²) in [7, 11) is 2.26. The van der Waals surface area contributed by atoms with Crippen LogP contribution in [0.3, 0.4) is 0 Å². The predicted molar refractivity (Wildman–Crippen MR) is 47.9 cm³/mol. The fourth-order valence-electron chi connectivity index (χ4n) is 1.79. The van der Waals surface area contributed by atoms with Crippen LogP contribution in [0.2, 0.25) is 0 Å². The van der Waals surface area contributed by atoms with Crippen LogP contribution in [0.4, 0.5) is 0 Å². The summed E-state index contributed by atoms with van der Waals surface area (Å²) in [6, 6.07) is 0. The predicted octanol–water partition coefficient (Wildman–Crippen LogP) is 0.124. The van der Waals surface area contributed by atoms with Gasteiger partial charge in [-0.3, -0.25) is 4.79 Å². The SMILES string of the molecule is B[N+]1(CCC)CCC(=O)CC1. The molecule has 0 aromatic carbocycles. The first kappa shape index (κ1) is 8.79. The molecule has 1 saturated heterocycles. The fourth-order valence-corrected chi connectivity index (χ4v) is 1.79. The summed E-state index contributed by atoms with van der Waals surface area (Å²) < 4.78 is 1.11. The van der Waals surface area contributed by atoms with Gasteiger partial charge in [0, 0.05) is 0 Å². The number of carbonyl (C=O) groups excluding carboxylic acids is 1. The molecule has 0 atom stereocenters. The number of nitrogens with zero attached hydrogens (tertiary/aromatic N) is 1. The van der Waals surface area contributed by atoms with Gasteiger partial charge in [-0.2, -0.15) is 0 Å². The second-order valence-corrected chi connectivity index (χ2v) is 3.83. The number of carbonyl (C=O) groups is 1. The van der Waals surface area contributed by atoms with E-state index in [0.29, 0.717) is 5.78 Å². The highest BCUT2D eigenvalue weighted by atomic mass is 16.1. The number of Topliss-reactive ketones (excluding diaryl/α,β-unsaturated/α-hetero) is 1. The topological polar surface area (TPSA) is 17.1 Å².